The van der Waals surface area contributed by atoms with Gasteiger partial charge >= 0.3 is 0 Å². The van der Waals surface area contributed by atoms with E-state index in [2.05, 4.69) is 41.1 Å². The highest BCUT2D eigenvalue weighted by Gasteiger charge is 2.03. The van der Waals surface area contributed by atoms with E-state index in [4.69, 9.17) is 0 Å². The molecule has 0 aliphatic carbocycles. The van der Waals surface area contributed by atoms with Gasteiger partial charge in [0.2, 0.25) is 0 Å². The summed E-state index contributed by atoms with van der Waals surface area (Å²) in [6.07, 6.45) is 6.40. The molecule has 0 aliphatic rings. The SMILES string of the molecule is CCCCNc1cc(N(C)CCCC)ncn1. The maximum atomic E-state index is 4.30. The molecule has 1 aromatic rings. The first-order valence-electron chi connectivity index (χ1n) is 6.55. The maximum Gasteiger partial charge on any atom is 0.133 e. The van der Waals surface area contributed by atoms with E-state index in [-0.39, 0.29) is 0 Å². The van der Waals surface area contributed by atoms with Crippen LogP contribution in [0.4, 0.5) is 11.6 Å². The lowest BCUT2D eigenvalue weighted by molar-refractivity contribution is 0.758. The van der Waals surface area contributed by atoms with Crippen LogP contribution in [0.15, 0.2) is 12.4 Å². The van der Waals surface area contributed by atoms with Crippen LogP contribution in [0.3, 0.4) is 0 Å². The maximum absolute atomic E-state index is 4.30. The van der Waals surface area contributed by atoms with Crippen LogP contribution >= 0.6 is 0 Å². The fourth-order valence-corrected chi connectivity index (χ4v) is 1.56. The van der Waals surface area contributed by atoms with Crippen LogP contribution < -0.4 is 10.2 Å². The number of aromatic nitrogens is 2. The van der Waals surface area contributed by atoms with Gasteiger partial charge in [-0.1, -0.05) is 26.7 Å². The molecule has 4 heteroatoms. The van der Waals surface area contributed by atoms with Crippen molar-refractivity contribution in [2.24, 2.45) is 0 Å². The highest BCUT2D eigenvalue weighted by Crippen LogP contribution is 2.13. The van der Waals surface area contributed by atoms with Gasteiger partial charge in [0.1, 0.15) is 18.0 Å². The molecule has 1 aromatic heterocycles. The molecular formula is C13H24N4. The number of rotatable bonds is 8. The molecule has 0 aliphatic heterocycles. The fraction of sp³-hybridized carbons (Fsp3) is 0.692. The molecule has 0 amide bonds. The van der Waals surface area contributed by atoms with Gasteiger partial charge in [0.05, 0.1) is 0 Å². The van der Waals surface area contributed by atoms with Crippen LogP contribution in [-0.4, -0.2) is 30.1 Å². The number of hydrogen-bond acceptors (Lipinski definition) is 4. The molecular weight excluding hydrogens is 212 g/mol. The Labute approximate surface area is 104 Å². The van der Waals surface area contributed by atoms with Crippen LogP contribution in [0.1, 0.15) is 39.5 Å². The Kier molecular flexibility index (Phi) is 6.37. The zero-order valence-corrected chi connectivity index (χ0v) is 11.2. The standard InChI is InChI=1S/C13H24N4/c1-4-6-8-14-12-10-13(16-11-15-12)17(3)9-7-5-2/h10-11H,4-9H2,1-3H3,(H,14,15,16). The Balaban J connectivity index is 2.52. The molecule has 0 atom stereocenters. The first kappa shape index (κ1) is 13.7. The monoisotopic (exact) mass is 236 g/mol. The first-order valence-corrected chi connectivity index (χ1v) is 6.55. The molecule has 17 heavy (non-hydrogen) atoms. The normalized spacial score (nSPS) is 10.3. The highest BCUT2D eigenvalue weighted by atomic mass is 15.2. The summed E-state index contributed by atoms with van der Waals surface area (Å²) in [6.45, 7) is 6.41. The number of unbranched alkanes of at least 4 members (excludes halogenated alkanes) is 2. The highest BCUT2D eigenvalue weighted by molar-refractivity contribution is 5.47. The van der Waals surface area contributed by atoms with Gasteiger partial charge in [0.25, 0.3) is 0 Å². The molecule has 0 aromatic carbocycles. The minimum Gasteiger partial charge on any atom is -0.370 e. The van der Waals surface area contributed by atoms with Gasteiger partial charge in [-0.2, -0.15) is 0 Å². The van der Waals surface area contributed by atoms with Gasteiger partial charge in [-0.25, -0.2) is 9.97 Å². The lowest BCUT2D eigenvalue weighted by Crippen LogP contribution is -2.20. The molecule has 96 valence electrons. The minimum absolute atomic E-state index is 0.923. The number of nitrogens with zero attached hydrogens (tertiary/aromatic N) is 3. The van der Waals surface area contributed by atoms with E-state index in [0.717, 1.165) is 24.7 Å². The van der Waals surface area contributed by atoms with Crippen molar-refractivity contribution in [2.75, 3.05) is 30.4 Å². The Morgan fingerprint density at radius 2 is 1.94 bits per heavy atom. The molecule has 1 heterocycles. The largest absolute Gasteiger partial charge is 0.370 e. The van der Waals surface area contributed by atoms with E-state index in [0.29, 0.717) is 0 Å². The van der Waals surface area contributed by atoms with Crippen molar-refractivity contribution < 1.29 is 0 Å². The summed E-state index contributed by atoms with van der Waals surface area (Å²) in [6, 6.07) is 2.02. The molecule has 4 nitrogen and oxygen atoms in total. The van der Waals surface area contributed by atoms with Gasteiger partial charge < -0.3 is 10.2 Å². The molecule has 0 bridgehead atoms. The third kappa shape index (κ3) is 5.02. The second kappa shape index (κ2) is 7.87. The van der Waals surface area contributed by atoms with Gasteiger partial charge in [-0.3, -0.25) is 0 Å². The third-order valence-corrected chi connectivity index (χ3v) is 2.73. The molecule has 0 saturated carbocycles. The quantitative estimate of drug-likeness (QED) is 0.705. The van der Waals surface area contributed by atoms with Crippen LogP contribution in [0.25, 0.3) is 0 Å². The van der Waals surface area contributed by atoms with Crippen molar-refractivity contribution in [3.8, 4) is 0 Å². The second-order valence-corrected chi connectivity index (χ2v) is 4.32. The Bertz CT molecular complexity index is 314. The zero-order chi connectivity index (χ0) is 12.5. The molecule has 0 spiro atoms. The predicted molar refractivity (Wildman–Crippen MR) is 73.6 cm³/mol. The van der Waals surface area contributed by atoms with E-state index in [9.17, 15) is 0 Å². The van der Waals surface area contributed by atoms with E-state index in [1.165, 1.54) is 25.7 Å². The van der Waals surface area contributed by atoms with Crippen molar-refractivity contribution in [2.45, 2.75) is 39.5 Å². The van der Waals surface area contributed by atoms with E-state index >= 15 is 0 Å². The van der Waals surface area contributed by atoms with Crippen molar-refractivity contribution in [3.05, 3.63) is 12.4 Å². The Morgan fingerprint density at radius 1 is 1.18 bits per heavy atom. The summed E-state index contributed by atoms with van der Waals surface area (Å²) in [5, 5.41) is 3.32. The van der Waals surface area contributed by atoms with Crippen LogP contribution in [0.2, 0.25) is 0 Å². The molecule has 0 unspecified atom stereocenters. The van der Waals surface area contributed by atoms with Crippen molar-refractivity contribution in [1.82, 2.24) is 9.97 Å². The lowest BCUT2D eigenvalue weighted by atomic mass is 10.3. The number of anilines is 2. The predicted octanol–water partition coefficient (Wildman–Crippen LogP) is 2.92. The average molecular weight is 236 g/mol. The second-order valence-electron chi connectivity index (χ2n) is 4.32. The lowest BCUT2D eigenvalue weighted by Gasteiger charge is -2.18. The topological polar surface area (TPSA) is 41.0 Å². The van der Waals surface area contributed by atoms with Crippen LogP contribution in [-0.2, 0) is 0 Å². The first-order chi connectivity index (χ1) is 8.27. The summed E-state index contributed by atoms with van der Waals surface area (Å²) in [5.41, 5.74) is 0. The average Bonchev–Trinajstić information content (AvgIpc) is 2.36. The summed E-state index contributed by atoms with van der Waals surface area (Å²) in [7, 11) is 2.08. The Morgan fingerprint density at radius 3 is 2.65 bits per heavy atom. The van der Waals surface area contributed by atoms with E-state index in [1.807, 2.05) is 6.07 Å². The molecule has 0 radical (unpaired) electrons. The van der Waals surface area contributed by atoms with Gasteiger partial charge in [0, 0.05) is 26.2 Å². The van der Waals surface area contributed by atoms with Crippen LogP contribution in [0, 0.1) is 0 Å². The van der Waals surface area contributed by atoms with E-state index < -0.39 is 0 Å². The van der Waals surface area contributed by atoms with Gasteiger partial charge in [-0.05, 0) is 12.8 Å². The smallest absolute Gasteiger partial charge is 0.133 e. The van der Waals surface area contributed by atoms with Gasteiger partial charge in [-0.15, -0.1) is 0 Å². The number of nitrogens with one attached hydrogen (secondary N) is 1. The minimum atomic E-state index is 0.923. The summed E-state index contributed by atoms with van der Waals surface area (Å²) in [4.78, 5) is 10.7. The Hall–Kier alpha value is -1.32. The summed E-state index contributed by atoms with van der Waals surface area (Å²) < 4.78 is 0. The van der Waals surface area contributed by atoms with Crippen molar-refractivity contribution in [3.63, 3.8) is 0 Å². The molecule has 1 N–H and O–H groups in total. The summed E-state index contributed by atoms with van der Waals surface area (Å²) in [5.74, 6) is 1.92. The molecule has 0 fully saturated rings. The number of hydrogen-bond donors (Lipinski definition) is 1. The van der Waals surface area contributed by atoms with Crippen molar-refractivity contribution >= 4 is 11.6 Å². The fourth-order valence-electron chi connectivity index (χ4n) is 1.56. The summed E-state index contributed by atoms with van der Waals surface area (Å²) >= 11 is 0. The third-order valence-electron chi connectivity index (χ3n) is 2.73. The molecule has 0 saturated heterocycles. The van der Waals surface area contributed by atoms with Crippen LogP contribution in [0.5, 0.6) is 0 Å². The molecule has 1 rings (SSSR count). The zero-order valence-electron chi connectivity index (χ0n) is 11.2. The van der Waals surface area contributed by atoms with Crippen molar-refractivity contribution in [1.29, 1.82) is 0 Å². The van der Waals surface area contributed by atoms with E-state index in [1.54, 1.807) is 6.33 Å². The van der Waals surface area contributed by atoms with Gasteiger partial charge in [0.15, 0.2) is 0 Å².